The van der Waals surface area contributed by atoms with Crippen molar-refractivity contribution in [2.75, 3.05) is 25.5 Å². The summed E-state index contributed by atoms with van der Waals surface area (Å²) in [6.45, 7) is 5.47. The number of aromatic nitrogens is 5. The van der Waals surface area contributed by atoms with E-state index in [9.17, 15) is 4.79 Å². The number of carbonyl (C=O) groups is 1. The topological polar surface area (TPSA) is 90.1 Å². The number of fused-ring (bicyclic) bond motifs is 6. The lowest BCUT2D eigenvalue weighted by molar-refractivity contribution is 0.102. The molecule has 1 N–H and O–H groups in total. The van der Waals surface area contributed by atoms with Crippen LogP contribution >= 0.6 is 0 Å². The van der Waals surface area contributed by atoms with Gasteiger partial charge in [0.25, 0.3) is 5.91 Å². The summed E-state index contributed by atoms with van der Waals surface area (Å²) in [4.78, 5) is 24.8. The van der Waals surface area contributed by atoms with Crippen LogP contribution in [0.3, 0.4) is 0 Å². The van der Waals surface area contributed by atoms with Crippen LogP contribution in [0.4, 0.5) is 10.2 Å². The molecule has 4 aromatic rings. The van der Waals surface area contributed by atoms with E-state index in [2.05, 4.69) is 32.2 Å². The summed E-state index contributed by atoms with van der Waals surface area (Å²) in [5.74, 6) is 0.711. The van der Waals surface area contributed by atoms with E-state index in [0.717, 1.165) is 37.6 Å². The molecule has 0 saturated heterocycles. The summed E-state index contributed by atoms with van der Waals surface area (Å²) in [5, 5.41) is 7.32. The van der Waals surface area contributed by atoms with E-state index in [0.29, 0.717) is 35.8 Å². The molecule has 0 radical (unpaired) electrons. The number of nitrogens with zero attached hydrogens (tertiary/aromatic N) is 6. The first-order valence-electron chi connectivity index (χ1n) is 12.5. The van der Waals surface area contributed by atoms with Crippen molar-refractivity contribution in [2.45, 2.75) is 33.0 Å². The van der Waals surface area contributed by atoms with Crippen molar-refractivity contribution in [1.82, 2.24) is 29.2 Å². The molecule has 0 spiro atoms. The maximum Gasteiger partial charge on any atom is 0.260 e. The molecule has 2 bridgehead atoms. The van der Waals surface area contributed by atoms with E-state index >= 15 is 4.39 Å². The van der Waals surface area contributed by atoms with Crippen molar-refractivity contribution in [3.63, 3.8) is 0 Å². The highest BCUT2D eigenvalue weighted by Gasteiger charge is 2.25. The number of likely N-dealkylation sites (N-methyl/N-ethyl adjacent to an activating group) is 1. The molecular formula is C27H28FN7O2. The first-order chi connectivity index (χ1) is 18.0. The second kappa shape index (κ2) is 9.44. The van der Waals surface area contributed by atoms with E-state index < -0.39 is 11.7 Å². The van der Waals surface area contributed by atoms with E-state index in [1.54, 1.807) is 24.5 Å². The summed E-state index contributed by atoms with van der Waals surface area (Å²) in [6, 6.07) is 8.30. The molecule has 0 unspecified atom stereocenters. The fourth-order valence-electron chi connectivity index (χ4n) is 4.95. The first kappa shape index (κ1) is 23.4. The normalized spacial score (nSPS) is 18.1. The molecule has 1 aromatic carbocycles. The number of hydrogen-bond acceptors (Lipinski definition) is 6. The average molecular weight is 502 g/mol. The van der Waals surface area contributed by atoms with Crippen LogP contribution in [0.1, 0.15) is 29.4 Å². The zero-order chi connectivity index (χ0) is 25.5. The Balaban J connectivity index is 1.42. The van der Waals surface area contributed by atoms with Gasteiger partial charge in [0.05, 0.1) is 30.6 Å². The molecule has 37 heavy (non-hydrogen) atoms. The Morgan fingerprint density at radius 2 is 2.05 bits per heavy atom. The number of benzene rings is 1. The van der Waals surface area contributed by atoms with Gasteiger partial charge in [-0.3, -0.25) is 14.4 Å². The molecule has 0 fully saturated rings. The van der Waals surface area contributed by atoms with Crippen molar-refractivity contribution < 1.29 is 13.9 Å². The molecule has 10 heteroatoms. The van der Waals surface area contributed by atoms with E-state index in [-0.39, 0.29) is 17.2 Å². The van der Waals surface area contributed by atoms with Gasteiger partial charge in [0, 0.05) is 49.2 Å². The average Bonchev–Trinajstić information content (AvgIpc) is 3.50. The summed E-state index contributed by atoms with van der Waals surface area (Å²) >= 11 is 0. The van der Waals surface area contributed by atoms with Crippen LogP contribution in [0.15, 0.2) is 48.9 Å². The molecule has 1 atom stereocenters. The van der Waals surface area contributed by atoms with Gasteiger partial charge in [0.15, 0.2) is 5.82 Å². The van der Waals surface area contributed by atoms with Gasteiger partial charge < -0.3 is 14.6 Å². The van der Waals surface area contributed by atoms with Gasteiger partial charge in [0.1, 0.15) is 23.1 Å². The molecule has 2 aliphatic rings. The molecule has 1 amide bonds. The zero-order valence-corrected chi connectivity index (χ0v) is 20.8. The number of carbonyl (C=O) groups excluding carboxylic acids is 1. The van der Waals surface area contributed by atoms with E-state index in [1.165, 1.54) is 6.07 Å². The van der Waals surface area contributed by atoms with E-state index in [4.69, 9.17) is 4.74 Å². The van der Waals surface area contributed by atoms with Crippen LogP contribution in [-0.2, 0) is 19.6 Å². The first-order valence-corrected chi connectivity index (χ1v) is 12.5. The van der Waals surface area contributed by atoms with Gasteiger partial charge >= 0.3 is 0 Å². The quantitative estimate of drug-likeness (QED) is 0.423. The molecule has 2 aliphatic heterocycles. The van der Waals surface area contributed by atoms with Gasteiger partial charge in [-0.15, -0.1) is 0 Å². The predicted molar refractivity (Wildman–Crippen MR) is 137 cm³/mol. The summed E-state index contributed by atoms with van der Waals surface area (Å²) in [7, 11) is 2.02. The Bertz CT molecular complexity index is 1480. The maximum atomic E-state index is 15.5. The molecule has 5 heterocycles. The third-order valence-electron chi connectivity index (χ3n) is 6.98. The van der Waals surface area contributed by atoms with Crippen LogP contribution in [-0.4, -0.2) is 55.3 Å². The molecule has 6 rings (SSSR count). The second-order valence-corrected chi connectivity index (χ2v) is 9.80. The monoisotopic (exact) mass is 501 g/mol. The number of nitrogens with one attached hydrogen (secondary N) is 1. The van der Waals surface area contributed by atoms with Crippen molar-refractivity contribution in [2.24, 2.45) is 5.92 Å². The molecule has 0 saturated carbocycles. The largest absolute Gasteiger partial charge is 0.493 e. The van der Waals surface area contributed by atoms with Gasteiger partial charge in [-0.2, -0.15) is 5.10 Å². The Morgan fingerprint density at radius 3 is 2.95 bits per heavy atom. The fraction of sp³-hybridized carbons (Fsp3) is 0.333. The number of halogens is 1. The minimum atomic E-state index is -0.451. The third kappa shape index (κ3) is 4.48. The summed E-state index contributed by atoms with van der Waals surface area (Å²) in [5.41, 5.74) is 2.85. The molecule has 3 aromatic heterocycles. The van der Waals surface area contributed by atoms with Crippen molar-refractivity contribution in [3.05, 3.63) is 66.0 Å². The highest BCUT2D eigenvalue weighted by Crippen LogP contribution is 2.34. The minimum absolute atomic E-state index is 0.209. The maximum absolute atomic E-state index is 15.5. The van der Waals surface area contributed by atoms with Crippen molar-refractivity contribution in [3.8, 4) is 28.4 Å². The van der Waals surface area contributed by atoms with Gasteiger partial charge in [-0.1, -0.05) is 13.0 Å². The number of amides is 1. The SMILES string of the molecule is C[C@@H]1CCOc2cc(F)c(-c3cnn4c3CN(C)CC4)cc2C(=O)Nc2cccc(n2)-c2nccn2C1. The Kier molecular flexibility index (Phi) is 5.96. The van der Waals surface area contributed by atoms with Crippen LogP contribution in [0.5, 0.6) is 5.75 Å². The van der Waals surface area contributed by atoms with Crippen molar-refractivity contribution >= 4 is 11.7 Å². The molecule has 190 valence electrons. The number of anilines is 1. The fourth-order valence-corrected chi connectivity index (χ4v) is 4.95. The third-order valence-corrected chi connectivity index (χ3v) is 6.98. The number of pyridine rings is 1. The lowest BCUT2D eigenvalue weighted by Gasteiger charge is -2.24. The van der Waals surface area contributed by atoms with Crippen LogP contribution in [0.2, 0.25) is 0 Å². The van der Waals surface area contributed by atoms with Gasteiger partial charge in [0.2, 0.25) is 0 Å². The highest BCUT2D eigenvalue weighted by molar-refractivity contribution is 6.06. The second-order valence-electron chi connectivity index (χ2n) is 9.80. The standard InChI is InChI=1S/C27H28FN7O2/c1-17-6-11-37-24-13-21(28)18(20-14-30-35-10-9-33(2)16-23(20)35)12-19(24)27(36)32-25-5-3-4-22(31-25)26-29-7-8-34(26)15-17/h3-5,7-8,12-14,17H,6,9-11,15-16H2,1-2H3,(H,31,32,36)/t17-/m1/s1. The molecule has 0 aliphatic carbocycles. The lowest BCUT2D eigenvalue weighted by atomic mass is 10.0. The van der Waals surface area contributed by atoms with Gasteiger partial charge in [-0.05, 0) is 37.6 Å². The van der Waals surface area contributed by atoms with Crippen molar-refractivity contribution in [1.29, 1.82) is 0 Å². The van der Waals surface area contributed by atoms with Gasteiger partial charge in [-0.25, -0.2) is 14.4 Å². The molecule has 9 nitrogen and oxygen atoms in total. The predicted octanol–water partition coefficient (Wildman–Crippen LogP) is 4.06. The number of imidazole rings is 1. The zero-order valence-electron chi connectivity index (χ0n) is 20.8. The number of hydrogen-bond donors (Lipinski definition) is 1. The summed E-state index contributed by atoms with van der Waals surface area (Å²) in [6.07, 6.45) is 6.07. The lowest BCUT2D eigenvalue weighted by Crippen LogP contribution is -2.30. The smallest absolute Gasteiger partial charge is 0.260 e. The molecular weight excluding hydrogens is 473 g/mol. The van der Waals surface area contributed by atoms with Crippen LogP contribution in [0, 0.1) is 11.7 Å². The minimum Gasteiger partial charge on any atom is -0.493 e. The highest BCUT2D eigenvalue weighted by atomic mass is 19.1. The Morgan fingerprint density at radius 1 is 1.16 bits per heavy atom. The van der Waals surface area contributed by atoms with Crippen LogP contribution < -0.4 is 10.1 Å². The number of rotatable bonds is 1. The summed E-state index contributed by atoms with van der Waals surface area (Å²) < 4.78 is 25.5. The van der Waals surface area contributed by atoms with Crippen LogP contribution in [0.25, 0.3) is 22.6 Å². The Labute approximate surface area is 213 Å². The van der Waals surface area contributed by atoms with E-state index in [1.807, 2.05) is 34.6 Å². The number of ether oxygens (including phenoxy) is 1. The Hall–Kier alpha value is -4.05.